The lowest BCUT2D eigenvalue weighted by Gasteiger charge is -2.46. The minimum absolute atomic E-state index is 0.0214. The Bertz CT molecular complexity index is 1420. The number of hydrogen-bond donors (Lipinski definition) is 4. The third-order valence-corrected chi connectivity index (χ3v) is 9.23. The summed E-state index contributed by atoms with van der Waals surface area (Å²) in [6.07, 6.45) is -8.39. The van der Waals surface area contributed by atoms with Crippen molar-refractivity contribution in [1.82, 2.24) is 15.0 Å². The van der Waals surface area contributed by atoms with Crippen molar-refractivity contribution >= 4 is 11.8 Å². The van der Waals surface area contributed by atoms with E-state index < -0.39 is 76.4 Å². The van der Waals surface area contributed by atoms with Crippen LogP contribution in [-0.4, -0.2) is 84.6 Å². The van der Waals surface area contributed by atoms with Crippen LogP contribution in [0.15, 0.2) is 42.6 Å². The van der Waals surface area contributed by atoms with Gasteiger partial charge in [-0.25, -0.2) is 17.9 Å². The number of aliphatic hydroxyl groups is 4. The molecule has 43 heavy (non-hydrogen) atoms. The minimum atomic E-state index is -4.77. The van der Waals surface area contributed by atoms with Crippen LogP contribution in [0.3, 0.4) is 0 Å². The lowest BCUT2D eigenvalue weighted by molar-refractivity contribution is -0.179. The van der Waals surface area contributed by atoms with Gasteiger partial charge in [0, 0.05) is 31.6 Å². The van der Waals surface area contributed by atoms with E-state index in [-0.39, 0.29) is 42.9 Å². The van der Waals surface area contributed by atoms with Crippen molar-refractivity contribution in [3.63, 3.8) is 0 Å². The molecular formula is C27H27F6N3O6S. The fourth-order valence-electron chi connectivity index (χ4n) is 5.35. The van der Waals surface area contributed by atoms with Gasteiger partial charge in [0.15, 0.2) is 17.5 Å². The maximum Gasteiger partial charge on any atom is 0.416 e. The molecule has 6 atom stereocenters. The van der Waals surface area contributed by atoms with Crippen molar-refractivity contribution in [2.24, 2.45) is 0 Å². The summed E-state index contributed by atoms with van der Waals surface area (Å²) in [6.45, 7) is -0.620. The van der Waals surface area contributed by atoms with Gasteiger partial charge in [-0.05, 0) is 23.8 Å². The van der Waals surface area contributed by atoms with E-state index in [9.17, 15) is 46.8 Å². The van der Waals surface area contributed by atoms with Crippen LogP contribution in [0.5, 0.6) is 0 Å². The standard InChI is InChI=1S/C27H27F6N3O6S/c28-16-9-13(10-17(29)20(16)30)18-11-36(35-34-18)21-22(38)19(12-37)42-25(23(21)39)43-24(26(40)5-7-41-8-6-26)14-3-1-2-4-15(14)27(31,32)33/h1-4,9-11,19,21-25,37-40H,5-8,12H2/t19-,21+,22+,23-,24-,25+/m1/s1. The summed E-state index contributed by atoms with van der Waals surface area (Å²) in [5.74, 6) is -4.66. The zero-order valence-electron chi connectivity index (χ0n) is 22.2. The van der Waals surface area contributed by atoms with Crippen LogP contribution in [0.4, 0.5) is 26.3 Å². The number of hydrogen-bond acceptors (Lipinski definition) is 9. The number of ether oxygens (including phenoxy) is 2. The molecule has 0 spiro atoms. The molecule has 5 rings (SSSR count). The van der Waals surface area contributed by atoms with E-state index in [1.165, 1.54) is 18.2 Å². The Hall–Kier alpha value is -2.73. The van der Waals surface area contributed by atoms with Crippen LogP contribution in [-0.2, 0) is 15.7 Å². The highest BCUT2D eigenvalue weighted by molar-refractivity contribution is 8.00. The number of thioether (sulfide) groups is 1. The third-order valence-electron chi connectivity index (χ3n) is 7.61. The van der Waals surface area contributed by atoms with Crippen LogP contribution in [0.1, 0.15) is 35.3 Å². The summed E-state index contributed by atoms with van der Waals surface area (Å²) in [7, 11) is 0. The smallest absolute Gasteiger partial charge is 0.394 e. The molecule has 0 saturated carbocycles. The number of nitrogens with zero attached hydrogens (tertiary/aromatic N) is 3. The topological polar surface area (TPSA) is 130 Å². The predicted molar refractivity (Wildman–Crippen MR) is 139 cm³/mol. The second-order valence-corrected chi connectivity index (χ2v) is 11.6. The van der Waals surface area contributed by atoms with Gasteiger partial charge in [-0.15, -0.1) is 16.9 Å². The molecule has 0 aliphatic carbocycles. The SMILES string of the molecule is OC[C@H]1O[C@@H](S[C@H](c2ccccc2C(F)(F)F)C2(O)CCOCC2)[C@H](O)[C@@H](n2cc(-c3cc(F)c(F)c(F)c3)nn2)[C@H]1O. The number of benzene rings is 2. The van der Waals surface area contributed by atoms with Gasteiger partial charge in [-0.3, -0.25) is 0 Å². The molecule has 2 aromatic carbocycles. The van der Waals surface area contributed by atoms with Gasteiger partial charge < -0.3 is 29.9 Å². The second-order valence-electron chi connectivity index (χ2n) is 10.4. The van der Waals surface area contributed by atoms with Gasteiger partial charge >= 0.3 is 6.18 Å². The maximum atomic E-state index is 14.1. The molecule has 0 unspecified atom stereocenters. The molecule has 9 nitrogen and oxygen atoms in total. The minimum Gasteiger partial charge on any atom is -0.394 e. The number of aromatic nitrogens is 3. The molecule has 2 aliphatic rings. The molecule has 4 N–H and O–H groups in total. The Labute approximate surface area is 245 Å². The van der Waals surface area contributed by atoms with Crippen molar-refractivity contribution < 1.29 is 56.2 Å². The first-order valence-electron chi connectivity index (χ1n) is 13.1. The van der Waals surface area contributed by atoms with Gasteiger partial charge in [0.2, 0.25) is 0 Å². The molecule has 2 aliphatic heterocycles. The maximum absolute atomic E-state index is 14.1. The lowest BCUT2D eigenvalue weighted by atomic mass is 9.85. The molecule has 0 amide bonds. The van der Waals surface area contributed by atoms with E-state index in [1.807, 2.05) is 0 Å². The summed E-state index contributed by atoms with van der Waals surface area (Å²) >= 11 is 0.688. The lowest BCUT2D eigenvalue weighted by Crippen LogP contribution is -2.55. The summed E-state index contributed by atoms with van der Waals surface area (Å²) in [6, 6.07) is 4.65. The average molecular weight is 636 g/mol. The van der Waals surface area contributed by atoms with E-state index >= 15 is 0 Å². The molecule has 2 saturated heterocycles. The molecule has 0 bridgehead atoms. The van der Waals surface area contributed by atoms with E-state index in [2.05, 4.69) is 10.3 Å². The van der Waals surface area contributed by atoms with Crippen molar-refractivity contribution in [3.8, 4) is 11.3 Å². The van der Waals surface area contributed by atoms with Crippen molar-refractivity contribution in [2.75, 3.05) is 19.8 Å². The Morgan fingerprint density at radius 2 is 1.70 bits per heavy atom. The van der Waals surface area contributed by atoms with Crippen LogP contribution in [0.25, 0.3) is 11.3 Å². The molecule has 3 aromatic rings. The summed E-state index contributed by atoms with van der Waals surface area (Å²) in [5.41, 5.74) is -4.74. The Balaban J connectivity index is 1.51. The second kappa shape index (κ2) is 12.3. The van der Waals surface area contributed by atoms with Gasteiger partial charge in [0.25, 0.3) is 0 Å². The van der Waals surface area contributed by atoms with Crippen LogP contribution >= 0.6 is 11.8 Å². The summed E-state index contributed by atoms with van der Waals surface area (Å²) < 4.78 is 95.3. The highest BCUT2D eigenvalue weighted by Gasteiger charge is 2.51. The van der Waals surface area contributed by atoms with E-state index in [0.29, 0.717) is 23.9 Å². The molecular weight excluding hydrogens is 608 g/mol. The molecule has 234 valence electrons. The number of alkyl halides is 3. The van der Waals surface area contributed by atoms with E-state index in [0.717, 1.165) is 16.9 Å². The largest absolute Gasteiger partial charge is 0.416 e. The fraction of sp³-hybridized carbons (Fsp3) is 0.481. The highest BCUT2D eigenvalue weighted by atomic mass is 32.2. The number of aliphatic hydroxyl groups excluding tert-OH is 3. The van der Waals surface area contributed by atoms with Crippen molar-refractivity contribution in [1.29, 1.82) is 0 Å². The van der Waals surface area contributed by atoms with Crippen LogP contribution < -0.4 is 0 Å². The Kier molecular flexibility index (Phi) is 9.09. The Morgan fingerprint density at radius 3 is 2.33 bits per heavy atom. The average Bonchev–Trinajstić information content (AvgIpc) is 3.45. The summed E-state index contributed by atoms with van der Waals surface area (Å²) in [5, 5.41) is 50.3. The Morgan fingerprint density at radius 1 is 1.05 bits per heavy atom. The monoisotopic (exact) mass is 635 g/mol. The van der Waals surface area contributed by atoms with Gasteiger partial charge in [-0.1, -0.05) is 23.4 Å². The fourth-order valence-corrected chi connectivity index (χ4v) is 6.98. The first-order valence-corrected chi connectivity index (χ1v) is 14.1. The molecule has 0 radical (unpaired) electrons. The number of halogens is 6. The first kappa shape index (κ1) is 31.7. The van der Waals surface area contributed by atoms with Crippen LogP contribution in [0.2, 0.25) is 0 Å². The normalized spacial score (nSPS) is 26.8. The highest BCUT2D eigenvalue weighted by Crippen LogP contribution is 2.51. The van der Waals surface area contributed by atoms with Gasteiger partial charge in [0.1, 0.15) is 35.5 Å². The van der Waals surface area contributed by atoms with E-state index in [4.69, 9.17) is 9.47 Å². The van der Waals surface area contributed by atoms with Crippen molar-refractivity contribution in [3.05, 3.63) is 71.2 Å². The van der Waals surface area contributed by atoms with E-state index in [1.54, 1.807) is 0 Å². The molecule has 3 heterocycles. The first-order chi connectivity index (χ1) is 20.3. The van der Waals surface area contributed by atoms with Gasteiger partial charge in [-0.2, -0.15) is 13.2 Å². The molecule has 2 fully saturated rings. The quantitative estimate of drug-likeness (QED) is 0.228. The molecule has 16 heteroatoms. The zero-order valence-corrected chi connectivity index (χ0v) is 23.0. The van der Waals surface area contributed by atoms with Crippen molar-refractivity contribution in [2.45, 2.75) is 59.7 Å². The van der Waals surface area contributed by atoms with Crippen LogP contribution in [0, 0.1) is 17.5 Å². The predicted octanol–water partition coefficient (Wildman–Crippen LogP) is 3.38. The molecule has 1 aromatic heterocycles. The van der Waals surface area contributed by atoms with Gasteiger partial charge in [0.05, 0.1) is 29.2 Å². The summed E-state index contributed by atoms with van der Waals surface area (Å²) in [4.78, 5) is 0. The number of rotatable bonds is 7. The third kappa shape index (κ3) is 6.27. The zero-order chi connectivity index (χ0) is 31.1.